The van der Waals surface area contributed by atoms with Crippen LogP contribution in [0.3, 0.4) is 0 Å². The number of benzene rings is 1. The summed E-state index contributed by atoms with van der Waals surface area (Å²) in [7, 11) is 0. The van der Waals surface area contributed by atoms with E-state index in [1.807, 2.05) is 40.9 Å². The average Bonchev–Trinajstić information content (AvgIpc) is 3.33. The number of amides is 1. The number of guanidine groups is 1. The summed E-state index contributed by atoms with van der Waals surface area (Å²) in [6.07, 6.45) is 6.41. The number of nitrogens with zero attached hydrogens (tertiary/aromatic N) is 4. The Bertz CT molecular complexity index is 816. The van der Waals surface area contributed by atoms with E-state index in [1.54, 1.807) is 0 Å². The minimum atomic E-state index is 0.249. The Kier molecular flexibility index (Phi) is 8.30. The fourth-order valence-corrected chi connectivity index (χ4v) is 3.70. The second-order valence-electron chi connectivity index (χ2n) is 7.93. The van der Waals surface area contributed by atoms with E-state index in [0.717, 1.165) is 51.5 Å². The summed E-state index contributed by atoms with van der Waals surface area (Å²) in [5.41, 5.74) is 2.46. The minimum Gasteiger partial charge on any atom is -0.357 e. The van der Waals surface area contributed by atoms with E-state index in [-0.39, 0.29) is 11.8 Å². The number of aliphatic imine (C=N–C) groups is 1. The van der Waals surface area contributed by atoms with Crippen molar-refractivity contribution in [3.05, 3.63) is 53.9 Å². The Labute approximate surface area is 179 Å². The molecule has 1 unspecified atom stereocenters. The summed E-state index contributed by atoms with van der Waals surface area (Å²) in [5, 5.41) is 11.0. The molecule has 1 aromatic heterocycles. The maximum atomic E-state index is 12.4. The average molecular weight is 411 g/mol. The van der Waals surface area contributed by atoms with Crippen LogP contribution in [0.15, 0.2) is 47.7 Å². The van der Waals surface area contributed by atoms with Gasteiger partial charge in [0, 0.05) is 57.8 Å². The van der Waals surface area contributed by atoms with Gasteiger partial charge in [-0.05, 0) is 37.8 Å². The van der Waals surface area contributed by atoms with Crippen molar-refractivity contribution in [2.45, 2.75) is 39.7 Å². The molecule has 2 aromatic rings. The van der Waals surface area contributed by atoms with Gasteiger partial charge >= 0.3 is 0 Å². The molecule has 7 heteroatoms. The molecule has 1 aliphatic rings. The summed E-state index contributed by atoms with van der Waals surface area (Å²) in [6, 6.07) is 10.3. The predicted octanol–water partition coefficient (Wildman–Crippen LogP) is 2.23. The number of nitrogens with one attached hydrogen (secondary N) is 2. The summed E-state index contributed by atoms with van der Waals surface area (Å²) in [6.45, 7) is 8.90. The quantitative estimate of drug-likeness (QED) is 0.358. The van der Waals surface area contributed by atoms with Gasteiger partial charge in [-0.15, -0.1) is 0 Å². The van der Waals surface area contributed by atoms with Crippen LogP contribution in [0, 0.1) is 12.8 Å². The topological polar surface area (TPSA) is 74.6 Å². The third kappa shape index (κ3) is 6.90. The molecule has 7 nitrogen and oxygen atoms in total. The van der Waals surface area contributed by atoms with Crippen LogP contribution in [-0.2, 0) is 17.8 Å². The maximum absolute atomic E-state index is 12.4. The van der Waals surface area contributed by atoms with Crippen LogP contribution >= 0.6 is 0 Å². The molecule has 0 saturated carbocycles. The molecule has 1 aromatic carbocycles. The molecule has 1 fully saturated rings. The molecule has 2 heterocycles. The fraction of sp³-hybridized carbons (Fsp3) is 0.522. The van der Waals surface area contributed by atoms with Crippen LogP contribution in [0.2, 0.25) is 0 Å². The Balaban J connectivity index is 1.40. The van der Waals surface area contributed by atoms with E-state index in [9.17, 15) is 4.79 Å². The van der Waals surface area contributed by atoms with Gasteiger partial charge in [0.05, 0.1) is 6.20 Å². The first-order valence-corrected chi connectivity index (χ1v) is 11.0. The Hall–Kier alpha value is -2.83. The van der Waals surface area contributed by atoms with E-state index in [4.69, 9.17) is 4.99 Å². The summed E-state index contributed by atoms with van der Waals surface area (Å²) in [4.78, 5) is 19.1. The molecular formula is C23H34N6O. The van der Waals surface area contributed by atoms with Crippen molar-refractivity contribution in [1.29, 1.82) is 0 Å². The largest absolute Gasteiger partial charge is 0.357 e. The molecule has 1 atom stereocenters. The Morgan fingerprint density at radius 2 is 2.07 bits per heavy atom. The molecule has 1 saturated heterocycles. The summed E-state index contributed by atoms with van der Waals surface area (Å²) >= 11 is 0. The third-order valence-electron chi connectivity index (χ3n) is 5.28. The van der Waals surface area contributed by atoms with Crippen molar-refractivity contribution >= 4 is 11.9 Å². The van der Waals surface area contributed by atoms with Gasteiger partial charge in [-0.2, -0.15) is 5.10 Å². The molecule has 1 amide bonds. The number of aryl methyl sites for hydroxylation is 2. The molecule has 0 aliphatic carbocycles. The van der Waals surface area contributed by atoms with Crippen molar-refractivity contribution in [2.24, 2.45) is 10.9 Å². The molecule has 3 rings (SSSR count). The van der Waals surface area contributed by atoms with Crippen molar-refractivity contribution in [3.63, 3.8) is 0 Å². The standard InChI is InChI=1S/C23H34N6O/c1-3-24-23(25-11-7-12-29-17-19(2)15-27-29)26-16-21-14-22(30)28(18-21)13-10-20-8-5-4-6-9-20/h4-6,8-9,15,17,21H,3,7,10-14,16,18H2,1-2H3,(H2,24,25,26). The summed E-state index contributed by atoms with van der Waals surface area (Å²) in [5.74, 6) is 1.36. The van der Waals surface area contributed by atoms with Crippen LogP contribution in [-0.4, -0.2) is 59.3 Å². The number of rotatable bonds is 10. The van der Waals surface area contributed by atoms with E-state index in [1.165, 1.54) is 11.1 Å². The van der Waals surface area contributed by atoms with Crippen LogP contribution in [0.1, 0.15) is 30.9 Å². The number of carbonyl (C=O) groups excluding carboxylic acids is 1. The molecule has 0 spiro atoms. The first-order valence-electron chi connectivity index (χ1n) is 11.0. The number of hydrogen-bond donors (Lipinski definition) is 2. The highest BCUT2D eigenvalue weighted by atomic mass is 16.2. The first kappa shape index (κ1) is 21.9. The number of carbonyl (C=O) groups is 1. The summed E-state index contributed by atoms with van der Waals surface area (Å²) < 4.78 is 1.97. The van der Waals surface area contributed by atoms with Gasteiger partial charge in [-0.1, -0.05) is 30.3 Å². The molecule has 0 bridgehead atoms. The van der Waals surface area contributed by atoms with Gasteiger partial charge in [0.2, 0.25) is 5.91 Å². The lowest BCUT2D eigenvalue weighted by atomic mass is 10.1. The molecule has 0 radical (unpaired) electrons. The monoisotopic (exact) mass is 410 g/mol. The highest BCUT2D eigenvalue weighted by Crippen LogP contribution is 2.18. The Morgan fingerprint density at radius 3 is 2.80 bits per heavy atom. The first-order chi connectivity index (χ1) is 14.6. The number of aromatic nitrogens is 2. The lowest BCUT2D eigenvalue weighted by molar-refractivity contribution is -0.127. The van der Waals surface area contributed by atoms with Crippen LogP contribution in [0.5, 0.6) is 0 Å². The molecule has 1 aliphatic heterocycles. The molecule has 2 N–H and O–H groups in total. The third-order valence-corrected chi connectivity index (χ3v) is 5.28. The number of hydrogen-bond acceptors (Lipinski definition) is 3. The van der Waals surface area contributed by atoms with Crippen molar-refractivity contribution < 1.29 is 4.79 Å². The molecule has 162 valence electrons. The zero-order valence-electron chi connectivity index (χ0n) is 18.2. The van der Waals surface area contributed by atoms with Crippen LogP contribution in [0.25, 0.3) is 0 Å². The van der Waals surface area contributed by atoms with E-state index < -0.39 is 0 Å². The van der Waals surface area contributed by atoms with E-state index in [0.29, 0.717) is 13.0 Å². The van der Waals surface area contributed by atoms with Gasteiger partial charge in [0.1, 0.15) is 0 Å². The highest BCUT2D eigenvalue weighted by Gasteiger charge is 2.28. The smallest absolute Gasteiger partial charge is 0.223 e. The Morgan fingerprint density at radius 1 is 1.23 bits per heavy atom. The van der Waals surface area contributed by atoms with E-state index in [2.05, 4.69) is 41.0 Å². The van der Waals surface area contributed by atoms with Crippen LogP contribution < -0.4 is 10.6 Å². The second kappa shape index (κ2) is 11.4. The van der Waals surface area contributed by atoms with Gasteiger partial charge in [-0.3, -0.25) is 14.5 Å². The fourth-order valence-electron chi connectivity index (χ4n) is 3.70. The second-order valence-corrected chi connectivity index (χ2v) is 7.93. The lowest BCUT2D eigenvalue weighted by Gasteiger charge is -2.16. The van der Waals surface area contributed by atoms with Gasteiger partial charge < -0.3 is 15.5 Å². The SMILES string of the molecule is CCNC(=NCC1CC(=O)N(CCc2ccccc2)C1)NCCCn1cc(C)cn1. The zero-order valence-corrected chi connectivity index (χ0v) is 18.2. The van der Waals surface area contributed by atoms with Gasteiger partial charge in [-0.25, -0.2) is 0 Å². The minimum absolute atomic E-state index is 0.249. The van der Waals surface area contributed by atoms with Crippen LogP contribution in [0.4, 0.5) is 0 Å². The van der Waals surface area contributed by atoms with Gasteiger partial charge in [0.15, 0.2) is 5.96 Å². The zero-order chi connectivity index (χ0) is 21.2. The van der Waals surface area contributed by atoms with Gasteiger partial charge in [0.25, 0.3) is 0 Å². The maximum Gasteiger partial charge on any atom is 0.223 e. The van der Waals surface area contributed by atoms with Crippen molar-refractivity contribution in [1.82, 2.24) is 25.3 Å². The lowest BCUT2D eigenvalue weighted by Crippen LogP contribution is -2.38. The van der Waals surface area contributed by atoms with E-state index >= 15 is 0 Å². The number of likely N-dealkylation sites (tertiary alicyclic amines) is 1. The molecular weight excluding hydrogens is 376 g/mol. The highest BCUT2D eigenvalue weighted by molar-refractivity contribution is 5.80. The normalized spacial score (nSPS) is 16.9. The van der Waals surface area contributed by atoms with Crippen molar-refractivity contribution in [3.8, 4) is 0 Å². The van der Waals surface area contributed by atoms with Crippen molar-refractivity contribution in [2.75, 3.05) is 32.7 Å². The molecule has 30 heavy (non-hydrogen) atoms. The predicted molar refractivity (Wildman–Crippen MR) is 120 cm³/mol.